The molecule has 2 saturated carbocycles. The zero-order valence-corrected chi connectivity index (χ0v) is 13.4. The topological polar surface area (TPSA) is 66.4 Å². The maximum absolute atomic E-state index is 12.8. The minimum absolute atomic E-state index is 0.0282. The number of hydrogen-bond acceptors (Lipinski definition) is 2. The molecule has 3 aliphatic rings. The summed E-state index contributed by atoms with van der Waals surface area (Å²) in [5.41, 5.74) is 3.10. The summed E-state index contributed by atoms with van der Waals surface area (Å²) in [5.74, 6) is -1.91. The number of amides is 1. The Morgan fingerprint density at radius 2 is 1.74 bits per heavy atom. The Kier molecular flexibility index (Phi) is 2.96. The molecule has 1 amide bonds. The maximum atomic E-state index is 12.8. The van der Waals surface area contributed by atoms with Crippen molar-refractivity contribution in [1.82, 2.24) is 0 Å². The molecule has 120 valence electrons. The van der Waals surface area contributed by atoms with Crippen molar-refractivity contribution in [1.29, 1.82) is 0 Å². The van der Waals surface area contributed by atoms with E-state index < -0.39 is 17.8 Å². The molecule has 0 heterocycles. The molecule has 4 unspecified atom stereocenters. The lowest BCUT2D eigenvalue weighted by Crippen LogP contribution is -2.36. The number of hydrogen-bond donors (Lipinski definition) is 2. The monoisotopic (exact) mass is 311 g/mol. The highest BCUT2D eigenvalue weighted by atomic mass is 16.4. The van der Waals surface area contributed by atoms with Crippen LogP contribution in [0.25, 0.3) is 0 Å². The van der Waals surface area contributed by atoms with Crippen molar-refractivity contribution in [3.8, 4) is 0 Å². The highest BCUT2D eigenvalue weighted by molar-refractivity contribution is 5.96. The molecule has 0 radical (unpaired) electrons. The first-order valence-electron chi connectivity index (χ1n) is 8.23. The van der Waals surface area contributed by atoms with Crippen molar-refractivity contribution >= 4 is 17.6 Å². The van der Waals surface area contributed by atoms with Gasteiger partial charge >= 0.3 is 5.97 Å². The van der Waals surface area contributed by atoms with E-state index in [1.165, 1.54) is 5.56 Å². The van der Waals surface area contributed by atoms with E-state index in [-0.39, 0.29) is 23.2 Å². The Labute approximate surface area is 135 Å². The van der Waals surface area contributed by atoms with E-state index in [1.54, 1.807) is 0 Å². The van der Waals surface area contributed by atoms with Crippen LogP contribution in [0.3, 0.4) is 0 Å². The molecule has 0 saturated heterocycles. The van der Waals surface area contributed by atoms with Gasteiger partial charge < -0.3 is 10.4 Å². The molecule has 4 atom stereocenters. The van der Waals surface area contributed by atoms with Gasteiger partial charge in [0.1, 0.15) is 0 Å². The Morgan fingerprint density at radius 3 is 2.30 bits per heavy atom. The summed E-state index contributed by atoms with van der Waals surface area (Å²) in [6, 6.07) is 5.80. The van der Waals surface area contributed by atoms with Crippen LogP contribution in [0.5, 0.6) is 0 Å². The van der Waals surface area contributed by atoms with Gasteiger partial charge in [0.25, 0.3) is 0 Å². The first-order valence-corrected chi connectivity index (χ1v) is 8.23. The van der Waals surface area contributed by atoms with E-state index in [9.17, 15) is 14.7 Å². The van der Waals surface area contributed by atoms with E-state index in [4.69, 9.17) is 0 Å². The molecule has 0 aliphatic heterocycles. The molecule has 2 fully saturated rings. The maximum Gasteiger partial charge on any atom is 0.307 e. The van der Waals surface area contributed by atoms with Crippen LogP contribution >= 0.6 is 0 Å². The van der Waals surface area contributed by atoms with Crippen molar-refractivity contribution in [3.05, 3.63) is 41.5 Å². The number of nitrogens with one attached hydrogen (secondary N) is 1. The smallest absolute Gasteiger partial charge is 0.307 e. The van der Waals surface area contributed by atoms with Gasteiger partial charge in [-0.25, -0.2) is 0 Å². The fourth-order valence-corrected chi connectivity index (χ4v) is 4.74. The number of allylic oxidation sites excluding steroid dienone is 2. The van der Waals surface area contributed by atoms with E-state index in [0.717, 1.165) is 24.1 Å². The lowest BCUT2D eigenvalue weighted by Gasteiger charge is -2.24. The zero-order valence-electron chi connectivity index (χ0n) is 13.4. The summed E-state index contributed by atoms with van der Waals surface area (Å²) >= 11 is 0. The van der Waals surface area contributed by atoms with Crippen molar-refractivity contribution in [2.24, 2.45) is 29.1 Å². The summed E-state index contributed by atoms with van der Waals surface area (Å²) in [6.45, 7) is 4.03. The van der Waals surface area contributed by atoms with Gasteiger partial charge in [-0.3, -0.25) is 9.59 Å². The molecule has 2 bridgehead atoms. The SMILES string of the molecule is Cc1ccc(NC(=O)C2C(C(=O)O)C3C=CC2C32CC2)cc1C. The number of anilines is 1. The Bertz CT molecular complexity index is 732. The third-order valence-corrected chi connectivity index (χ3v) is 6.20. The second-order valence-electron chi connectivity index (χ2n) is 7.35. The molecule has 1 aromatic rings. The highest BCUT2D eigenvalue weighted by Crippen LogP contribution is 2.72. The summed E-state index contributed by atoms with van der Waals surface area (Å²) in [4.78, 5) is 24.6. The number of aliphatic carboxylic acids is 1. The number of carbonyl (C=O) groups excluding carboxylic acids is 1. The molecule has 4 rings (SSSR count). The van der Waals surface area contributed by atoms with Crippen LogP contribution in [0.2, 0.25) is 0 Å². The van der Waals surface area contributed by atoms with E-state index in [2.05, 4.69) is 11.4 Å². The quantitative estimate of drug-likeness (QED) is 0.843. The molecule has 4 nitrogen and oxygen atoms in total. The number of carboxylic acids is 1. The fourth-order valence-electron chi connectivity index (χ4n) is 4.74. The normalized spacial score (nSPS) is 32.3. The molecule has 3 aliphatic carbocycles. The third kappa shape index (κ3) is 1.97. The average molecular weight is 311 g/mol. The second kappa shape index (κ2) is 4.70. The lowest BCUT2D eigenvalue weighted by atomic mass is 9.82. The van der Waals surface area contributed by atoms with Gasteiger partial charge in [-0.05, 0) is 67.2 Å². The standard InChI is InChI=1S/C19H21NO3/c1-10-3-4-12(9-11(10)2)20-17(21)15-13-5-6-14(16(15)18(22)23)19(13)7-8-19/h3-6,9,13-16H,7-8H2,1-2H3,(H,20,21)(H,22,23). The van der Waals surface area contributed by atoms with E-state index in [0.29, 0.717) is 0 Å². The predicted octanol–water partition coefficient (Wildman–Crippen LogP) is 3.15. The Morgan fingerprint density at radius 1 is 1.09 bits per heavy atom. The number of aryl methyl sites for hydroxylation is 2. The van der Waals surface area contributed by atoms with Crippen molar-refractivity contribution in [3.63, 3.8) is 0 Å². The van der Waals surface area contributed by atoms with Gasteiger partial charge in [0.15, 0.2) is 0 Å². The fraction of sp³-hybridized carbons (Fsp3) is 0.474. The average Bonchev–Trinajstić information content (AvgIpc) is 3.16. The zero-order chi connectivity index (χ0) is 16.4. The molecular weight excluding hydrogens is 290 g/mol. The molecule has 4 heteroatoms. The molecule has 2 N–H and O–H groups in total. The van der Waals surface area contributed by atoms with Gasteiger partial charge in [-0.15, -0.1) is 0 Å². The van der Waals surface area contributed by atoms with Crippen LogP contribution in [0.1, 0.15) is 24.0 Å². The number of benzene rings is 1. The minimum Gasteiger partial charge on any atom is -0.481 e. The molecule has 1 aromatic carbocycles. The molecule has 0 aromatic heterocycles. The van der Waals surface area contributed by atoms with Gasteiger partial charge in [0.2, 0.25) is 5.91 Å². The van der Waals surface area contributed by atoms with Crippen molar-refractivity contribution in [2.75, 3.05) is 5.32 Å². The summed E-state index contributed by atoms with van der Waals surface area (Å²) in [5, 5.41) is 12.6. The van der Waals surface area contributed by atoms with Crippen LogP contribution in [0, 0.1) is 42.9 Å². The number of carbonyl (C=O) groups is 2. The second-order valence-corrected chi connectivity index (χ2v) is 7.35. The van der Waals surface area contributed by atoms with E-state index in [1.807, 2.05) is 38.1 Å². The van der Waals surface area contributed by atoms with Crippen LogP contribution < -0.4 is 5.32 Å². The number of rotatable bonds is 3. The summed E-state index contributed by atoms with van der Waals surface area (Å²) in [6.07, 6.45) is 6.22. The summed E-state index contributed by atoms with van der Waals surface area (Å²) < 4.78 is 0. The number of carboxylic acid groups (broad SMARTS) is 1. The Balaban J connectivity index is 1.61. The van der Waals surface area contributed by atoms with Crippen LogP contribution in [-0.2, 0) is 9.59 Å². The molecular formula is C19H21NO3. The van der Waals surface area contributed by atoms with Gasteiger partial charge in [0.05, 0.1) is 11.8 Å². The van der Waals surface area contributed by atoms with Crippen LogP contribution in [-0.4, -0.2) is 17.0 Å². The van der Waals surface area contributed by atoms with Gasteiger partial charge in [-0.2, -0.15) is 0 Å². The predicted molar refractivity (Wildman–Crippen MR) is 86.9 cm³/mol. The summed E-state index contributed by atoms with van der Waals surface area (Å²) in [7, 11) is 0. The van der Waals surface area contributed by atoms with Crippen LogP contribution in [0.4, 0.5) is 5.69 Å². The van der Waals surface area contributed by atoms with Crippen LogP contribution in [0.15, 0.2) is 30.4 Å². The molecule has 1 spiro atoms. The first kappa shape index (κ1) is 14.5. The van der Waals surface area contributed by atoms with Gasteiger partial charge in [-0.1, -0.05) is 18.2 Å². The van der Waals surface area contributed by atoms with Crippen molar-refractivity contribution < 1.29 is 14.7 Å². The highest BCUT2D eigenvalue weighted by Gasteiger charge is 2.70. The first-order chi connectivity index (χ1) is 10.9. The van der Waals surface area contributed by atoms with Gasteiger partial charge in [0, 0.05) is 5.69 Å². The lowest BCUT2D eigenvalue weighted by molar-refractivity contribution is -0.146. The van der Waals surface area contributed by atoms with Crippen molar-refractivity contribution in [2.45, 2.75) is 26.7 Å². The minimum atomic E-state index is -0.839. The van der Waals surface area contributed by atoms with E-state index >= 15 is 0 Å². The largest absolute Gasteiger partial charge is 0.481 e. The molecule has 23 heavy (non-hydrogen) atoms. The third-order valence-electron chi connectivity index (χ3n) is 6.20. The Hall–Kier alpha value is -2.10.